The van der Waals surface area contributed by atoms with Crippen molar-refractivity contribution in [1.82, 2.24) is 0 Å². The molecule has 0 saturated heterocycles. The van der Waals surface area contributed by atoms with Crippen molar-refractivity contribution in [3.05, 3.63) is 145 Å². The van der Waals surface area contributed by atoms with E-state index in [1.807, 2.05) is 11.8 Å². The molecule has 5 aromatic carbocycles. The second-order valence-electron chi connectivity index (χ2n) is 9.32. The molecular weight excluding hydrogens is 466 g/mol. The lowest BCUT2D eigenvalue weighted by atomic mass is 9.87. The number of fused-ring (bicyclic) bond motifs is 2. The van der Waals surface area contributed by atoms with Crippen LogP contribution < -0.4 is 4.90 Å². The van der Waals surface area contributed by atoms with Crippen molar-refractivity contribution in [2.24, 2.45) is 0 Å². The molecule has 0 spiro atoms. The standard InChI is InChI=1S/C35H29NS/c1-26-14-5-4-12-25-37-33-22-13-21-31(34(26)33)35-30-20-11-10-15-27(30)23-24-32(35)36(28-16-6-2-7-17-28)29-18-8-3-9-19-29/h2-24,26H,25H2,1H3/b12-4-,14-5-. The molecule has 0 fully saturated rings. The molecule has 0 amide bonds. The molecule has 0 saturated carbocycles. The molecule has 2 heteroatoms. The van der Waals surface area contributed by atoms with Crippen molar-refractivity contribution in [2.75, 3.05) is 10.7 Å². The molecule has 0 aliphatic carbocycles. The van der Waals surface area contributed by atoms with Crippen LogP contribution in [0.15, 0.2) is 144 Å². The molecule has 1 heterocycles. The van der Waals surface area contributed by atoms with Gasteiger partial charge in [-0.25, -0.2) is 0 Å². The van der Waals surface area contributed by atoms with Crippen molar-refractivity contribution < 1.29 is 0 Å². The van der Waals surface area contributed by atoms with E-state index in [-0.39, 0.29) is 5.92 Å². The molecule has 37 heavy (non-hydrogen) atoms. The number of hydrogen-bond donors (Lipinski definition) is 0. The molecule has 1 aliphatic heterocycles. The normalized spacial score (nSPS) is 16.7. The van der Waals surface area contributed by atoms with E-state index in [1.54, 1.807) is 0 Å². The largest absolute Gasteiger partial charge is 0.310 e. The van der Waals surface area contributed by atoms with Crippen LogP contribution in [0.2, 0.25) is 0 Å². The Morgan fingerprint density at radius 2 is 1.38 bits per heavy atom. The van der Waals surface area contributed by atoms with Crippen molar-refractivity contribution in [3.63, 3.8) is 0 Å². The smallest absolute Gasteiger partial charge is 0.0546 e. The lowest BCUT2D eigenvalue weighted by molar-refractivity contribution is 0.938. The summed E-state index contributed by atoms with van der Waals surface area (Å²) in [6.07, 6.45) is 8.93. The predicted octanol–water partition coefficient (Wildman–Crippen LogP) is 10.3. The summed E-state index contributed by atoms with van der Waals surface area (Å²) in [5.74, 6) is 1.26. The van der Waals surface area contributed by atoms with E-state index in [4.69, 9.17) is 0 Å². The van der Waals surface area contributed by atoms with Gasteiger partial charge < -0.3 is 4.90 Å². The number of thioether (sulfide) groups is 1. The van der Waals surface area contributed by atoms with Gasteiger partial charge in [0.1, 0.15) is 0 Å². The SMILES string of the molecule is CC1/C=C\C=C/CSc2cccc(-c3c(N(c4ccccc4)c4ccccc4)ccc4ccccc34)c21. The topological polar surface area (TPSA) is 3.24 Å². The molecule has 5 aromatic rings. The number of para-hydroxylation sites is 2. The Labute approximate surface area is 223 Å². The highest BCUT2D eigenvalue weighted by atomic mass is 32.2. The third-order valence-electron chi connectivity index (χ3n) is 6.95. The molecule has 0 radical (unpaired) electrons. The van der Waals surface area contributed by atoms with Gasteiger partial charge in [0.2, 0.25) is 0 Å². The maximum atomic E-state index is 2.39. The van der Waals surface area contributed by atoms with Gasteiger partial charge in [0.05, 0.1) is 5.69 Å². The van der Waals surface area contributed by atoms with Crippen LogP contribution in [0.5, 0.6) is 0 Å². The van der Waals surface area contributed by atoms with Crippen LogP contribution in [0.1, 0.15) is 18.4 Å². The van der Waals surface area contributed by atoms with Gasteiger partial charge in [-0.15, -0.1) is 11.8 Å². The zero-order valence-corrected chi connectivity index (χ0v) is 21.7. The highest BCUT2D eigenvalue weighted by Crippen LogP contribution is 2.47. The zero-order chi connectivity index (χ0) is 25.0. The van der Waals surface area contributed by atoms with E-state index in [2.05, 4.69) is 151 Å². The minimum absolute atomic E-state index is 0.287. The Balaban J connectivity index is 1.69. The number of benzene rings is 5. The van der Waals surface area contributed by atoms with Gasteiger partial charge in [-0.3, -0.25) is 0 Å². The summed E-state index contributed by atoms with van der Waals surface area (Å²) < 4.78 is 0. The summed E-state index contributed by atoms with van der Waals surface area (Å²) in [4.78, 5) is 3.75. The van der Waals surface area contributed by atoms with Gasteiger partial charge in [-0.2, -0.15) is 0 Å². The minimum Gasteiger partial charge on any atom is -0.310 e. The van der Waals surface area contributed by atoms with E-state index in [9.17, 15) is 0 Å². The Kier molecular flexibility index (Phi) is 6.66. The fourth-order valence-electron chi connectivity index (χ4n) is 5.27. The van der Waals surface area contributed by atoms with Crippen LogP contribution in [-0.2, 0) is 0 Å². The van der Waals surface area contributed by atoms with Gasteiger partial charge in [-0.05, 0) is 58.3 Å². The molecule has 1 atom stereocenters. The van der Waals surface area contributed by atoms with Gasteiger partial charge in [-0.1, -0.05) is 110 Å². The molecule has 0 aromatic heterocycles. The number of hydrogen-bond acceptors (Lipinski definition) is 2. The third-order valence-corrected chi connectivity index (χ3v) is 7.98. The van der Waals surface area contributed by atoms with E-state index in [0.717, 1.165) is 17.1 Å². The van der Waals surface area contributed by atoms with Crippen molar-refractivity contribution in [1.29, 1.82) is 0 Å². The summed E-state index contributed by atoms with van der Waals surface area (Å²) in [6, 6.07) is 41.5. The van der Waals surface area contributed by atoms with Gasteiger partial charge in [0.15, 0.2) is 0 Å². The Morgan fingerprint density at radius 1 is 0.676 bits per heavy atom. The van der Waals surface area contributed by atoms with Gasteiger partial charge >= 0.3 is 0 Å². The Hall–Kier alpha value is -4.01. The van der Waals surface area contributed by atoms with Crippen LogP contribution in [0.25, 0.3) is 21.9 Å². The summed E-state index contributed by atoms with van der Waals surface area (Å²) in [5, 5.41) is 2.52. The highest BCUT2D eigenvalue weighted by molar-refractivity contribution is 7.99. The zero-order valence-electron chi connectivity index (χ0n) is 20.9. The Morgan fingerprint density at radius 3 is 2.14 bits per heavy atom. The monoisotopic (exact) mass is 495 g/mol. The lowest BCUT2D eigenvalue weighted by Crippen LogP contribution is -2.12. The predicted molar refractivity (Wildman–Crippen MR) is 161 cm³/mol. The summed E-state index contributed by atoms with van der Waals surface area (Å²) in [7, 11) is 0. The minimum atomic E-state index is 0.287. The van der Waals surface area contributed by atoms with Crippen molar-refractivity contribution >= 4 is 39.6 Å². The fourth-order valence-corrected chi connectivity index (χ4v) is 6.28. The fraction of sp³-hybridized carbons (Fsp3) is 0.0857. The van der Waals surface area contributed by atoms with Crippen molar-refractivity contribution in [2.45, 2.75) is 17.7 Å². The molecule has 1 aliphatic rings. The quantitative estimate of drug-likeness (QED) is 0.244. The molecule has 180 valence electrons. The number of rotatable bonds is 4. The van der Waals surface area contributed by atoms with Crippen LogP contribution >= 0.6 is 11.8 Å². The van der Waals surface area contributed by atoms with Crippen LogP contribution in [0.4, 0.5) is 17.1 Å². The summed E-state index contributed by atoms with van der Waals surface area (Å²) in [5.41, 5.74) is 7.44. The molecule has 0 N–H and O–H groups in total. The molecule has 6 rings (SSSR count). The first kappa shape index (κ1) is 23.4. The summed E-state index contributed by atoms with van der Waals surface area (Å²) in [6.45, 7) is 2.31. The van der Waals surface area contributed by atoms with E-state index >= 15 is 0 Å². The van der Waals surface area contributed by atoms with Crippen LogP contribution in [0.3, 0.4) is 0 Å². The van der Waals surface area contributed by atoms with Gasteiger partial charge in [0.25, 0.3) is 0 Å². The second kappa shape index (κ2) is 10.5. The first-order valence-corrected chi connectivity index (χ1v) is 13.8. The number of anilines is 3. The average molecular weight is 496 g/mol. The molecular formula is C35H29NS. The van der Waals surface area contributed by atoms with Crippen molar-refractivity contribution in [3.8, 4) is 11.1 Å². The van der Waals surface area contributed by atoms with Crippen LogP contribution in [0, 0.1) is 0 Å². The first-order valence-electron chi connectivity index (χ1n) is 12.8. The maximum absolute atomic E-state index is 2.39. The van der Waals surface area contributed by atoms with Gasteiger partial charge in [0, 0.05) is 33.5 Å². The molecule has 1 unspecified atom stereocenters. The maximum Gasteiger partial charge on any atom is 0.0546 e. The average Bonchev–Trinajstić information content (AvgIpc) is 3.04. The summed E-state index contributed by atoms with van der Waals surface area (Å²) >= 11 is 1.92. The first-order chi connectivity index (χ1) is 18.3. The highest BCUT2D eigenvalue weighted by Gasteiger charge is 2.23. The number of nitrogens with zero attached hydrogens (tertiary/aromatic N) is 1. The lowest BCUT2D eigenvalue weighted by Gasteiger charge is -2.30. The molecule has 0 bridgehead atoms. The third kappa shape index (κ3) is 4.61. The van der Waals surface area contributed by atoms with E-state index < -0.39 is 0 Å². The second-order valence-corrected chi connectivity index (χ2v) is 10.4. The molecule has 1 nitrogen and oxygen atoms in total. The van der Waals surface area contributed by atoms with E-state index in [0.29, 0.717) is 0 Å². The van der Waals surface area contributed by atoms with E-state index in [1.165, 1.54) is 38.0 Å². The Bertz CT molecular complexity index is 1550. The number of allylic oxidation sites excluding steroid dienone is 3. The van der Waals surface area contributed by atoms with Crippen LogP contribution in [-0.4, -0.2) is 5.75 Å².